The molecule has 8 nitrogen and oxygen atoms in total. The van der Waals surface area contributed by atoms with Crippen molar-refractivity contribution in [2.75, 3.05) is 31.9 Å². The number of rotatable bonds is 8. The Balaban J connectivity index is 2.16. The minimum atomic E-state index is -3.31. The molecule has 30 heavy (non-hydrogen) atoms. The number of nitrogens with one attached hydrogen (secondary N) is 1. The number of amides is 2. The first kappa shape index (κ1) is 23.2. The lowest BCUT2D eigenvalue weighted by atomic mass is 10.1. The third-order valence-corrected chi connectivity index (χ3v) is 5.30. The maximum atomic E-state index is 12.8. The molecule has 0 aliphatic rings. The predicted octanol–water partition coefficient (Wildman–Crippen LogP) is 2.28. The van der Waals surface area contributed by atoms with Gasteiger partial charge in [-0.05, 0) is 56.3 Å². The lowest BCUT2D eigenvalue weighted by Crippen LogP contribution is -2.34. The summed E-state index contributed by atoms with van der Waals surface area (Å²) in [5.41, 5.74) is 0.887. The fourth-order valence-electron chi connectivity index (χ4n) is 2.65. The number of hydrogen-bond acceptors (Lipinski definition) is 6. The van der Waals surface area contributed by atoms with E-state index in [0.717, 1.165) is 6.26 Å². The van der Waals surface area contributed by atoms with Gasteiger partial charge in [0.2, 0.25) is 0 Å². The summed E-state index contributed by atoms with van der Waals surface area (Å²) in [5, 5.41) is 2.72. The Kier molecular flexibility index (Phi) is 7.44. The van der Waals surface area contributed by atoms with E-state index in [-0.39, 0.29) is 29.4 Å². The monoisotopic (exact) mass is 434 g/mol. The minimum Gasteiger partial charge on any atom is -0.493 e. The number of carbonyl (C=O) groups is 2. The third-order valence-electron chi connectivity index (χ3n) is 4.18. The van der Waals surface area contributed by atoms with E-state index >= 15 is 0 Å². The first-order valence-corrected chi connectivity index (χ1v) is 11.1. The van der Waals surface area contributed by atoms with Crippen molar-refractivity contribution in [2.45, 2.75) is 24.8 Å². The van der Waals surface area contributed by atoms with E-state index in [1.165, 1.54) is 30.2 Å². The number of ether oxygens (including phenoxy) is 2. The van der Waals surface area contributed by atoms with Crippen LogP contribution < -0.4 is 19.7 Å². The average molecular weight is 435 g/mol. The Bertz CT molecular complexity index is 1020. The van der Waals surface area contributed by atoms with Crippen LogP contribution in [0.3, 0.4) is 0 Å². The van der Waals surface area contributed by atoms with Gasteiger partial charge in [0.05, 0.1) is 12.0 Å². The molecule has 2 aromatic carbocycles. The molecule has 2 amide bonds. The van der Waals surface area contributed by atoms with E-state index in [1.807, 2.05) is 13.8 Å². The summed E-state index contributed by atoms with van der Waals surface area (Å²) in [4.78, 5) is 26.2. The third kappa shape index (κ3) is 5.96. The number of sulfone groups is 1. The topological polar surface area (TPSA) is 102 Å². The molecule has 9 heteroatoms. The van der Waals surface area contributed by atoms with Gasteiger partial charge in [-0.3, -0.25) is 9.59 Å². The number of nitrogens with zero attached hydrogens (tertiary/aromatic N) is 1. The first-order chi connectivity index (χ1) is 14.0. The van der Waals surface area contributed by atoms with Crippen LogP contribution in [0.15, 0.2) is 47.4 Å². The van der Waals surface area contributed by atoms with Crippen molar-refractivity contribution in [3.63, 3.8) is 0 Å². The molecule has 0 bridgehead atoms. The van der Waals surface area contributed by atoms with Crippen LogP contribution in [-0.2, 0) is 14.6 Å². The highest BCUT2D eigenvalue weighted by molar-refractivity contribution is 7.90. The van der Waals surface area contributed by atoms with E-state index in [2.05, 4.69) is 5.32 Å². The molecule has 0 unspecified atom stereocenters. The maximum absolute atomic E-state index is 12.8. The van der Waals surface area contributed by atoms with E-state index in [1.54, 1.807) is 31.3 Å². The molecule has 0 radical (unpaired) electrons. The van der Waals surface area contributed by atoms with Gasteiger partial charge in [-0.25, -0.2) is 8.42 Å². The highest BCUT2D eigenvalue weighted by atomic mass is 32.2. The number of hydrogen-bond donors (Lipinski definition) is 1. The molecule has 1 N–H and O–H groups in total. The van der Waals surface area contributed by atoms with Crippen molar-refractivity contribution >= 4 is 27.3 Å². The van der Waals surface area contributed by atoms with Crippen LogP contribution in [0, 0.1) is 0 Å². The fourth-order valence-corrected chi connectivity index (χ4v) is 3.29. The Hall–Kier alpha value is -3.07. The second-order valence-electron chi connectivity index (χ2n) is 7.01. The van der Waals surface area contributed by atoms with Crippen molar-refractivity contribution in [1.82, 2.24) is 5.32 Å². The lowest BCUT2D eigenvalue weighted by Gasteiger charge is -2.19. The molecular formula is C21H26N2O6S. The summed E-state index contributed by atoms with van der Waals surface area (Å²) in [6.07, 6.45) is 1.12. The molecule has 2 rings (SSSR count). The summed E-state index contributed by atoms with van der Waals surface area (Å²) in [7, 11) is -0.281. The van der Waals surface area contributed by atoms with Gasteiger partial charge in [0.25, 0.3) is 11.8 Å². The molecule has 0 atom stereocenters. The molecular weight excluding hydrogens is 408 g/mol. The highest BCUT2D eigenvalue weighted by Crippen LogP contribution is 2.29. The molecule has 2 aromatic rings. The van der Waals surface area contributed by atoms with E-state index in [9.17, 15) is 18.0 Å². The molecule has 0 aromatic heterocycles. The zero-order valence-corrected chi connectivity index (χ0v) is 18.4. The lowest BCUT2D eigenvalue weighted by molar-refractivity contribution is -0.123. The van der Waals surface area contributed by atoms with Crippen molar-refractivity contribution in [3.05, 3.63) is 48.0 Å². The van der Waals surface area contributed by atoms with Gasteiger partial charge in [-0.15, -0.1) is 0 Å². The van der Waals surface area contributed by atoms with Gasteiger partial charge >= 0.3 is 0 Å². The largest absolute Gasteiger partial charge is 0.493 e. The van der Waals surface area contributed by atoms with Crippen LogP contribution >= 0.6 is 0 Å². The van der Waals surface area contributed by atoms with Crippen molar-refractivity contribution in [1.29, 1.82) is 0 Å². The van der Waals surface area contributed by atoms with Gasteiger partial charge in [0.1, 0.15) is 0 Å². The summed E-state index contributed by atoms with van der Waals surface area (Å²) in [6.45, 7) is 3.53. The molecule has 0 heterocycles. The van der Waals surface area contributed by atoms with Crippen LogP contribution in [-0.4, -0.2) is 53.3 Å². The summed E-state index contributed by atoms with van der Waals surface area (Å²) >= 11 is 0. The average Bonchev–Trinajstić information content (AvgIpc) is 2.70. The molecule has 0 fully saturated rings. The Morgan fingerprint density at radius 3 is 2.23 bits per heavy atom. The van der Waals surface area contributed by atoms with Gasteiger partial charge < -0.3 is 19.7 Å². The predicted molar refractivity (Wildman–Crippen MR) is 114 cm³/mol. The zero-order chi connectivity index (χ0) is 22.5. The normalized spacial score (nSPS) is 11.1. The Labute approximate surface area is 176 Å². The molecule has 162 valence electrons. The smallest absolute Gasteiger partial charge is 0.258 e. The van der Waals surface area contributed by atoms with Crippen molar-refractivity contribution in [2.24, 2.45) is 0 Å². The number of anilines is 1. The second-order valence-corrected chi connectivity index (χ2v) is 9.02. The van der Waals surface area contributed by atoms with Gasteiger partial charge in [-0.1, -0.05) is 0 Å². The zero-order valence-electron chi connectivity index (χ0n) is 17.6. The van der Waals surface area contributed by atoms with Crippen molar-refractivity contribution < 1.29 is 27.5 Å². The number of benzene rings is 2. The molecule has 0 saturated carbocycles. The number of carbonyl (C=O) groups excluding carboxylic acids is 2. The fraction of sp³-hybridized carbons (Fsp3) is 0.333. The van der Waals surface area contributed by atoms with Crippen molar-refractivity contribution in [3.8, 4) is 11.5 Å². The Morgan fingerprint density at radius 1 is 1.07 bits per heavy atom. The van der Waals surface area contributed by atoms with Crippen LogP contribution in [0.25, 0.3) is 0 Å². The molecule has 0 aliphatic carbocycles. The van der Waals surface area contributed by atoms with Crippen LogP contribution in [0.4, 0.5) is 5.69 Å². The second kappa shape index (κ2) is 9.62. The summed E-state index contributed by atoms with van der Waals surface area (Å²) < 4.78 is 34.0. The van der Waals surface area contributed by atoms with Gasteiger partial charge in [0.15, 0.2) is 27.9 Å². The van der Waals surface area contributed by atoms with E-state index in [4.69, 9.17) is 9.47 Å². The van der Waals surface area contributed by atoms with Crippen LogP contribution in [0.1, 0.15) is 24.2 Å². The van der Waals surface area contributed by atoms with Crippen LogP contribution in [0.2, 0.25) is 0 Å². The maximum Gasteiger partial charge on any atom is 0.258 e. The quantitative estimate of drug-likeness (QED) is 0.684. The standard InChI is InChI=1S/C21H26N2O6S/c1-14(2)22-20(24)13-29-18-11-6-15(12-19(18)28-4)21(25)23(3)16-7-9-17(10-8-16)30(5,26)27/h6-12,14H,13H2,1-5H3,(H,22,24). The van der Waals surface area contributed by atoms with Gasteiger partial charge in [0, 0.05) is 30.6 Å². The SMILES string of the molecule is COc1cc(C(=O)N(C)c2ccc(S(C)(=O)=O)cc2)ccc1OCC(=O)NC(C)C. The molecule has 0 saturated heterocycles. The summed E-state index contributed by atoms with van der Waals surface area (Å²) in [6, 6.07) is 10.7. The first-order valence-electron chi connectivity index (χ1n) is 9.21. The molecule has 0 spiro atoms. The number of methoxy groups -OCH3 is 1. The van der Waals surface area contributed by atoms with E-state index < -0.39 is 9.84 Å². The highest BCUT2D eigenvalue weighted by Gasteiger charge is 2.18. The minimum absolute atomic E-state index is 0.00466. The summed E-state index contributed by atoms with van der Waals surface area (Å²) in [5.74, 6) is 0.0844. The molecule has 0 aliphatic heterocycles. The Morgan fingerprint density at radius 2 is 1.70 bits per heavy atom. The van der Waals surface area contributed by atoms with Crippen LogP contribution in [0.5, 0.6) is 11.5 Å². The van der Waals surface area contributed by atoms with E-state index in [0.29, 0.717) is 22.7 Å². The van der Waals surface area contributed by atoms with Gasteiger partial charge in [-0.2, -0.15) is 0 Å².